The zero-order chi connectivity index (χ0) is 23.4. The van der Waals surface area contributed by atoms with Crippen molar-refractivity contribution in [2.75, 3.05) is 46.5 Å². The molecule has 0 spiro atoms. The summed E-state index contributed by atoms with van der Waals surface area (Å²) in [7, 11) is 1.46. The van der Waals surface area contributed by atoms with Crippen molar-refractivity contribution in [3.8, 4) is 17.2 Å². The molecular weight excluding hydrogens is 425 g/mol. The Morgan fingerprint density at radius 1 is 1.06 bits per heavy atom. The fraction of sp³-hybridized carbons (Fsp3) is 0.480. The Hall–Kier alpha value is -3.00. The van der Waals surface area contributed by atoms with Crippen LogP contribution in [0.2, 0.25) is 0 Å². The van der Waals surface area contributed by atoms with E-state index in [-0.39, 0.29) is 29.6 Å². The lowest BCUT2D eigenvalue weighted by molar-refractivity contribution is 0.131. The Labute approximate surface area is 194 Å². The summed E-state index contributed by atoms with van der Waals surface area (Å²) in [5, 5.41) is 3.20. The molecular formula is C25H32FN3O4. The topological polar surface area (TPSA) is 63.3 Å². The highest BCUT2D eigenvalue weighted by Crippen LogP contribution is 2.34. The van der Waals surface area contributed by atoms with E-state index in [0.29, 0.717) is 32.8 Å². The van der Waals surface area contributed by atoms with Crippen LogP contribution in [0.1, 0.15) is 31.0 Å². The van der Waals surface area contributed by atoms with Crippen LogP contribution in [-0.4, -0.2) is 62.3 Å². The van der Waals surface area contributed by atoms with Gasteiger partial charge in [-0.2, -0.15) is 0 Å². The number of carbonyl (C=O) groups excluding carboxylic acids is 1. The molecule has 33 heavy (non-hydrogen) atoms. The standard InChI is InChI=1S/C25H32FN3O4/c1-17(2)24(19-5-7-22-23(15-19)33-13-12-32-22)27-25(30)29-10-8-28(9-11-29)16-18-4-6-21(31-3)20(26)14-18/h4-7,14-15,17,24H,8-13,16H2,1-3H3,(H,27,30)/t24-/m0/s1. The number of carbonyl (C=O) groups is 1. The van der Waals surface area contributed by atoms with Crippen molar-refractivity contribution in [2.45, 2.75) is 26.4 Å². The van der Waals surface area contributed by atoms with Gasteiger partial charge in [0.25, 0.3) is 0 Å². The summed E-state index contributed by atoms with van der Waals surface area (Å²) in [5.41, 5.74) is 1.90. The van der Waals surface area contributed by atoms with Crippen LogP contribution in [0.4, 0.5) is 9.18 Å². The van der Waals surface area contributed by atoms with E-state index in [1.54, 1.807) is 6.07 Å². The van der Waals surface area contributed by atoms with Gasteiger partial charge in [-0.05, 0) is 41.3 Å². The van der Waals surface area contributed by atoms with Crippen molar-refractivity contribution in [3.63, 3.8) is 0 Å². The Morgan fingerprint density at radius 2 is 1.79 bits per heavy atom. The van der Waals surface area contributed by atoms with Gasteiger partial charge < -0.3 is 24.4 Å². The van der Waals surface area contributed by atoms with Gasteiger partial charge in [-0.15, -0.1) is 0 Å². The van der Waals surface area contributed by atoms with Gasteiger partial charge in [-0.1, -0.05) is 26.0 Å². The number of hydrogen-bond donors (Lipinski definition) is 1. The average Bonchev–Trinajstić information content (AvgIpc) is 2.82. The van der Waals surface area contributed by atoms with Crippen LogP contribution in [0, 0.1) is 11.7 Å². The molecule has 0 radical (unpaired) electrons. The van der Waals surface area contributed by atoms with Gasteiger partial charge in [0.05, 0.1) is 13.2 Å². The predicted molar refractivity (Wildman–Crippen MR) is 123 cm³/mol. The number of urea groups is 1. The summed E-state index contributed by atoms with van der Waals surface area (Å²) in [5.74, 6) is 1.57. The number of piperazine rings is 1. The van der Waals surface area contributed by atoms with Gasteiger partial charge in [0.1, 0.15) is 13.2 Å². The summed E-state index contributed by atoms with van der Waals surface area (Å²) >= 11 is 0. The summed E-state index contributed by atoms with van der Waals surface area (Å²) < 4.78 is 30.3. The largest absolute Gasteiger partial charge is 0.494 e. The molecule has 1 saturated heterocycles. The van der Waals surface area contributed by atoms with Crippen molar-refractivity contribution >= 4 is 6.03 Å². The molecule has 2 heterocycles. The Morgan fingerprint density at radius 3 is 2.45 bits per heavy atom. The molecule has 2 amide bonds. The van der Waals surface area contributed by atoms with Crippen molar-refractivity contribution in [3.05, 3.63) is 53.3 Å². The molecule has 2 aliphatic rings. The lowest BCUT2D eigenvalue weighted by atomic mass is 9.95. The first-order chi connectivity index (χ1) is 15.9. The minimum Gasteiger partial charge on any atom is -0.494 e. The van der Waals surface area contributed by atoms with Crippen LogP contribution < -0.4 is 19.5 Å². The molecule has 0 aromatic heterocycles. The molecule has 0 bridgehead atoms. The predicted octanol–water partition coefficient (Wildman–Crippen LogP) is 3.83. The smallest absolute Gasteiger partial charge is 0.317 e. The number of amides is 2. The van der Waals surface area contributed by atoms with E-state index in [1.807, 2.05) is 29.2 Å². The number of ether oxygens (including phenoxy) is 3. The molecule has 7 nitrogen and oxygen atoms in total. The second-order valence-corrected chi connectivity index (χ2v) is 8.81. The van der Waals surface area contributed by atoms with Crippen LogP contribution in [0.25, 0.3) is 0 Å². The maximum absolute atomic E-state index is 14.0. The van der Waals surface area contributed by atoms with Crippen molar-refractivity contribution < 1.29 is 23.4 Å². The molecule has 1 atom stereocenters. The van der Waals surface area contributed by atoms with E-state index in [4.69, 9.17) is 14.2 Å². The number of methoxy groups -OCH3 is 1. The highest BCUT2D eigenvalue weighted by Gasteiger charge is 2.26. The quantitative estimate of drug-likeness (QED) is 0.714. The average molecular weight is 458 g/mol. The van der Waals surface area contributed by atoms with Crippen LogP contribution in [0.5, 0.6) is 17.2 Å². The third-order valence-corrected chi connectivity index (χ3v) is 6.15. The maximum atomic E-state index is 14.0. The zero-order valence-electron chi connectivity index (χ0n) is 19.5. The van der Waals surface area contributed by atoms with Gasteiger partial charge in [0.2, 0.25) is 0 Å². The van der Waals surface area contributed by atoms with Gasteiger partial charge in [-0.3, -0.25) is 4.90 Å². The molecule has 1 N–H and O–H groups in total. The van der Waals surface area contributed by atoms with Crippen molar-refractivity contribution in [1.29, 1.82) is 0 Å². The van der Waals surface area contributed by atoms with E-state index in [1.165, 1.54) is 13.2 Å². The van der Waals surface area contributed by atoms with E-state index in [2.05, 4.69) is 24.1 Å². The molecule has 0 unspecified atom stereocenters. The SMILES string of the molecule is COc1ccc(CN2CCN(C(=O)N[C@H](c3ccc4c(c3)OCCO4)C(C)C)CC2)cc1F. The zero-order valence-corrected chi connectivity index (χ0v) is 19.5. The molecule has 2 aliphatic heterocycles. The lowest BCUT2D eigenvalue weighted by Gasteiger charge is -2.36. The third-order valence-electron chi connectivity index (χ3n) is 6.15. The first kappa shape index (κ1) is 23.2. The van der Waals surface area contributed by atoms with Crippen LogP contribution in [0.3, 0.4) is 0 Å². The Balaban J connectivity index is 1.33. The molecule has 2 aromatic carbocycles. The second-order valence-electron chi connectivity index (χ2n) is 8.81. The van der Waals surface area contributed by atoms with E-state index in [9.17, 15) is 9.18 Å². The Bertz CT molecular complexity index is 976. The molecule has 2 aromatic rings. The van der Waals surface area contributed by atoms with Crippen molar-refractivity contribution in [1.82, 2.24) is 15.1 Å². The van der Waals surface area contributed by atoms with Gasteiger partial charge in [0.15, 0.2) is 23.1 Å². The fourth-order valence-corrected chi connectivity index (χ4v) is 4.29. The molecule has 8 heteroatoms. The number of nitrogens with one attached hydrogen (secondary N) is 1. The Kier molecular flexibility index (Phi) is 7.23. The van der Waals surface area contributed by atoms with E-state index in [0.717, 1.165) is 35.7 Å². The third kappa shape index (κ3) is 5.50. The maximum Gasteiger partial charge on any atom is 0.317 e. The summed E-state index contributed by atoms with van der Waals surface area (Å²) in [6.45, 7) is 8.62. The minimum atomic E-state index is -0.355. The first-order valence-corrected chi connectivity index (χ1v) is 11.4. The molecule has 4 rings (SSSR count). The number of nitrogens with zero attached hydrogens (tertiary/aromatic N) is 2. The number of hydrogen-bond acceptors (Lipinski definition) is 5. The van der Waals surface area contributed by atoms with Gasteiger partial charge in [-0.25, -0.2) is 9.18 Å². The second kappa shape index (κ2) is 10.3. The minimum absolute atomic E-state index is 0.0706. The van der Waals surface area contributed by atoms with Gasteiger partial charge >= 0.3 is 6.03 Å². The summed E-state index contributed by atoms with van der Waals surface area (Å²) in [6.07, 6.45) is 0. The highest BCUT2D eigenvalue weighted by molar-refractivity contribution is 5.75. The molecule has 0 aliphatic carbocycles. The monoisotopic (exact) mass is 457 g/mol. The summed E-state index contributed by atoms with van der Waals surface area (Å²) in [4.78, 5) is 17.1. The highest BCUT2D eigenvalue weighted by atomic mass is 19.1. The van der Waals surface area contributed by atoms with Crippen LogP contribution >= 0.6 is 0 Å². The van der Waals surface area contributed by atoms with E-state index < -0.39 is 0 Å². The normalized spacial score (nSPS) is 17.1. The molecule has 178 valence electrons. The van der Waals surface area contributed by atoms with Crippen molar-refractivity contribution in [2.24, 2.45) is 5.92 Å². The number of fused-ring (bicyclic) bond motifs is 1. The van der Waals surface area contributed by atoms with Gasteiger partial charge in [0, 0.05) is 32.7 Å². The number of rotatable bonds is 6. The fourth-order valence-electron chi connectivity index (χ4n) is 4.29. The van der Waals surface area contributed by atoms with E-state index >= 15 is 0 Å². The van der Waals surface area contributed by atoms with Crippen LogP contribution in [0.15, 0.2) is 36.4 Å². The van der Waals surface area contributed by atoms with Crippen LogP contribution in [-0.2, 0) is 6.54 Å². The lowest BCUT2D eigenvalue weighted by Crippen LogP contribution is -2.52. The molecule has 1 fully saturated rings. The summed E-state index contributed by atoms with van der Waals surface area (Å²) in [6, 6.07) is 10.7. The first-order valence-electron chi connectivity index (χ1n) is 11.4. The molecule has 0 saturated carbocycles. The number of benzene rings is 2. The number of halogens is 1.